The summed E-state index contributed by atoms with van der Waals surface area (Å²) in [5.74, 6) is -0.775. The number of fused-ring (bicyclic) bond motifs is 1. The molecule has 0 aromatic carbocycles. The third-order valence-electron chi connectivity index (χ3n) is 1.80. The van der Waals surface area contributed by atoms with E-state index in [0.717, 1.165) is 5.56 Å². The number of hydrogen-bond donors (Lipinski definition) is 1. The van der Waals surface area contributed by atoms with Crippen LogP contribution in [0.2, 0.25) is 0 Å². The molecule has 0 amide bonds. The predicted octanol–water partition coefficient (Wildman–Crippen LogP) is 1.46. The van der Waals surface area contributed by atoms with Crippen molar-refractivity contribution in [3.8, 4) is 0 Å². The molecule has 0 unspecified atom stereocenters. The van der Waals surface area contributed by atoms with Gasteiger partial charge in [-0.25, -0.2) is 9.97 Å². The van der Waals surface area contributed by atoms with Crippen molar-refractivity contribution in [1.82, 2.24) is 9.97 Å². The van der Waals surface area contributed by atoms with E-state index < -0.39 is 12.0 Å². The van der Waals surface area contributed by atoms with Crippen molar-refractivity contribution in [2.24, 2.45) is 0 Å². The molecule has 0 spiro atoms. The number of nitrogens with zero attached hydrogens (tertiary/aromatic N) is 2. The van der Waals surface area contributed by atoms with E-state index in [0.29, 0.717) is 18.8 Å². The summed E-state index contributed by atoms with van der Waals surface area (Å²) in [6.45, 7) is 0.630. The van der Waals surface area contributed by atoms with Gasteiger partial charge in [0.05, 0.1) is 0 Å². The molecule has 0 radical (unpaired) electrons. The van der Waals surface area contributed by atoms with Gasteiger partial charge < -0.3 is 5.32 Å². The van der Waals surface area contributed by atoms with E-state index in [1.165, 1.54) is 6.20 Å². The molecule has 1 aromatic heterocycles. The van der Waals surface area contributed by atoms with Crippen molar-refractivity contribution >= 4 is 5.82 Å². The van der Waals surface area contributed by atoms with Crippen LogP contribution in [0.4, 0.5) is 19.0 Å². The molecule has 0 bridgehead atoms. The van der Waals surface area contributed by atoms with Crippen LogP contribution >= 0.6 is 0 Å². The highest BCUT2D eigenvalue weighted by molar-refractivity contribution is 5.47. The fraction of sp³-hybridized carbons (Fsp3) is 0.429. The summed E-state index contributed by atoms with van der Waals surface area (Å²) in [6, 6.07) is 0. The second kappa shape index (κ2) is 2.58. The highest BCUT2D eigenvalue weighted by atomic mass is 19.4. The minimum Gasteiger partial charge on any atom is -0.369 e. The third-order valence-corrected chi connectivity index (χ3v) is 1.80. The van der Waals surface area contributed by atoms with Crippen LogP contribution < -0.4 is 5.32 Å². The molecule has 1 aromatic rings. The average molecular weight is 189 g/mol. The molecule has 0 aliphatic carbocycles. The zero-order chi connectivity index (χ0) is 9.47. The van der Waals surface area contributed by atoms with Gasteiger partial charge >= 0.3 is 6.18 Å². The maximum Gasteiger partial charge on any atom is 0.451 e. The number of aromatic nitrogens is 2. The van der Waals surface area contributed by atoms with Crippen LogP contribution in [0.15, 0.2) is 6.20 Å². The van der Waals surface area contributed by atoms with Gasteiger partial charge in [-0.2, -0.15) is 13.2 Å². The number of rotatable bonds is 0. The summed E-state index contributed by atoms with van der Waals surface area (Å²) >= 11 is 0. The van der Waals surface area contributed by atoms with Gasteiger partial charge in [-0.05, 0) is 6.42 Å². The van der Waals surface area contributed by atoms with E-state index >= 15 is 0 Å². The maximum atomic E-state index is 12.1. The maximum absolute atomic E-state index is 12.1. The minimum atomic E-state index is -4.46. The number of hydrogen-bond acceptors (Lipinski definition) is 3. The SMILES string of the molecule is FC(F)(F)c1ncc2c(n1)NCC2. The number of anilines is 1. The summed E-state index contributed by atoms with van der Waals surface area (Å²) in [4.78, 5) is 6.62. The van der Waals surface area contributed by atoms with Crippen molar-refractivity contribution in [2.45, 2.75) is 12.6 Å². The van der Waals surface area contributed by atoms with Crippen molar-refractivity contribution < 1.29 is 13.2 Å². The first-order valence-corrected chi connectivity index (χ1v) is 3.74. The average Bonchev–Trinajstić information content (AvgIpc) is 2.47. The molecule has 0 saturated carbocycles. The van der Waals surface area contributed by atoms with Crippen molar-refractivity contribution in [3.63, 3.8) is 0 Å². The smallest absolute Gasteiger partial charge is 0.369 e. The number of nitrogens with one attached hydrogen (secondary N) is 1. The van der Waals surface area contributed by atoms with Gasteiger partial charge in [0.25, 0.3) is 0 Å². The molecule has 2 heterocycles. The fourth-order valence-corrected chi connectivity index (χ4v) is 1.19. The summed E-state index contributed by atoms with van der Waals surface area (Å²) in [5.41, 5.74) is 0.744. The Labute approximate surface area is 72.0 Å². The topological polar surface area (TPSA) is 37.8 Å². The van der Waals surface area contributed by atoms with E-state index in [4.69, 9.17) is 0 Å². The Kier molecular flexibility index (Phi) is 1.64. The molecule has 1 aliphatic rings. The Bertz CT molecular complexity index is 334. The van der Waals surface area contributed by atoms with Crippen molar-refractivity contribution in [1.29, 1.82) is 0 Å². The van der Waals surface area contributed by atoms with E-state index in [1.54, 1.807) is 0 Å². The standard InChI is InChI=1S/C7H6F3N3/c8-7(9,10)6-12-3-4-1-2-11-5(4)13-6/h3H,1-2H2,(H,11,12,13). The number of alkyl halides is 3. The zero-order valence-electron chi connectivity index (χ0n) is 6.52. The van der Waals surface area contributed by atoms with Crippen LogP contribution in [0.1, 0.15) is 11.4 Å². The van der Waals surface area contributed by atoms with Gasteiger partial charge in [0.2, 0.25) is 5.82 Å². The first-order chi connectivity index (χ1) is 6.07. The molecule has 0 fully saturated rings. The Morgan fingerprint density at radius 1 is 1.38 bits per heavy atom. The van der Waals surface area contributed by atoms with E-state index in [2.05, 4.69) is 15.3 Å². The van der Waals surface area contributed by atoms with Crippen LogP contribution in [0, 0.1) is 0 Å². The van der Waals surface area contributed by atoms with Gasteiger partial charge in [0.15, 0.2) is 0 Å². The second-order valence-corrected chi connectivity index (χ2v) is 2.74. The lowest BCUT2D eigenvalue weighted by Crippen LogP contribution is -2.11. The largest absolute Gasteiger partial charge is 0.451 e. The first-order valence-electron chi connectivity index (χ1n) is 3.74. The van der Waals surface area contributed by atoms with Gasteiger partial charge in [0.1, 0.15) is 5.82 Å². The minimum absolute atomic E-state index is 0.308. The Morgan fingerprint density at radius 3 is 2.85 bits per heavy atom. The van der Waals surface area contributed by atoms with Crippen LogP contribution in [-0.2, 0) is 12.6 Å². The molecule has 1 aliphatic heterocycles. The van der Waals surface area contributed by atoms with Crippen molar-refractivity contribution in [3.05, 3.63) is 17.6 Å². The van der Waals surface area contributed by atoms with E-state index in [9.17, 15) is 13.2 Å². The molecule has 13 heavy (non-hydrogen) atoms. The molecule has 3 nitrogen and oxygen atoms in total. The lowest BCUT2D eigenvalue weighted by molar-refractivity contribution is -0.144. The molecule has 70 valence electrons. The van der Waals surface area contributed by atoms with Crippen LogP contribution in [0.5, 0.6) is 0 Å². The fourth-order valence-electron chi connectivity index (χ4n) is 1.19. The molecular formula is C7H6F3N3. The molecule has 0 saturated heterocycles. The van der Waals surface area contributed by atoms with Gasteiger partial charge in [0, 0.05) is 18.3 Å². The molecule has 6 heteroatoms. The molecule has 0 atom stereocenters. The normalized spacial score (nSPS) is 15.3. The quantitative estimate of drug-likeness (QED) is 0.671. The van der Waals surface area contributed by atoms with Gasteiger partial charge in [-0.1, -0.05) is 0 Å². The zero-order valence-corrected chi connectivity index (χ0v) is 6.52. The van der Waals surface area contributed by atoms with E-state index in [-0.39, 0.29) is 0 Å². The highest BCUT2D eigenvalue weighted by Gasteiger charge is 2.35. The molecule has 2 rings (SSSR count). The van der Waals surface area contributed by atoms with Crippen molar-refractivity contribution in [2.75, 3.05) is 11.9 Å². The van der Waals surface area contributed by atoms with Crippen LogP contribution in [0.25, 0.3) is 0 Å². The lowest BCUT2D eigenvalue weighted by atomic mass is 10.3. The Balaban J connectivity index is 2.42. The first kappa shape index (κ1) is 8.28. The summed E-state index contributed by atoms with van der Waals surface area (Å²) in [7, 11) is 0. The van der Waals surface area contributed by atoms with Gasteiger partial charge in [-0.15, -0.1) is 0 Å². The lowest BCUT2D eigenvalue weighted by Gasteiger charge is -2.05. The summed E-state index contributed by atoms with van der Waals surface area (Å²) < 4.78 is 36.3. The Morgan fingerprint density at radius 2 is 2.15 bits per heavy atom. The third kappa shape index (κ3) is 1.43. The second-order valence-electron chi connectivity index (χ2n) is 2.74. The van der Waals surface area contributed by atoms with Gasteiger partial charge in [-0.3, -0.25) is 0 Å². The van der Waals surface area contributed by atoms with Crippen LogP contribution in [-0.4, -0.2) is 16.5 Å². The molecular weight excluding hydrogens is 183 g/mol. The monoisotopic (exact) mass is 189 g/mol. The summed E-state index contributed by atoms with van der Waals surface area (Å²) in [6.07, 6.45) is -2.54. The van der Waals surface area contributed by atoms with Crippen LogP contribution in [0.3, 0.4) is 0 Å². The highest BCUT2D eigenvalue weighted by Crippen LogP contribution is 2.28. The Hall–Kier alpha value is -1.33. The predicted molar refractivity (Wildman–Crippen MR) is 39.2 cm³/mol. The summed E-state index contributed by atoms with van der Waals surface area (Å²) in [5, 5.41) is 2.76. The van der Waals surface area contributed by atoms with E-state index in [1.807, 2.05) is 0 Å². The molecule has 1 N–H and O–H groups in total. The number of halogens is 3.